The number of aromatic nitrogens is 5. The first-order valence-corrected chi connectivity index (χ1v) is 11.8. The van der Waals surface area contributed by atoms with Crippen LogP contribution in [-0.4, -0.2) is 42.8 Å². The van der Waals surface area contributed by atoms with E-state index in [1.54, 1.807) is 48.9 Å². The Morgan fingerprint density at radius 3 is 2.75 bits per heavy atom. The minimum Gasteiger partial charge on any atom is -0.341 e. The van der Waals surface area contributed by atoms with Gasteiger partial charge in [0, 0.05) is 31.6 Å². The SMILES string of the molecule is CC#CCn1c(N2CCC[C@@H](N)C2)nc2c1c(=O)n(Cc1ccc3c(C#N)cccc3n1)c(=O)n2C. The van der Waals surface area contributed by atoms with Crippen molar-refractivity contribution in [3.63, 3.8) is 0 Å². The van der Waals surface area contributed by atoms with Crippen molar-refractivity contribution in [3.8, 4) is 17.9 Å². The van der Waals surface area contributed by atoms with Crippen LogP contribution in [-0.2, 0) is 20.1 Å². The molecule has 182 valence electrons. The molecular weight excluding hydrogens is 456 g/mol. The first-order chi connectivity index (χ1) is 17.4. The van der Waals surface area contributed by atoms with Gasteiger partial charge in [0.1, 0.15) is 0 Å². The van der Waals surface area contributed by atoms with E-state index in [-0.39, 0.29) is 19.1 Å². The highest BCUT2D eigenvalue weighted by atomic mass is 16.2. The van der Waals surface area contributed by atoms with Gasteiger partial charge < -0.3 is 10.6 Å². The van der Waals surface area contributed by atoms with Gasteiger partial charge in [-0.25, -0.2) is 4.79 Å². The van der Waals surface area contributed by atoms with E-state index < -0.39 is 11.2 Å². The maximum Gasteiger partial charge on any atom is 0.332 e. The van der Waals surface area contributed by atoms with Gasteiger partial charge in [-0.2, -0.15) is 10.2 Å². The molecule has 0 bridgehead atoms. The molecule has 36 heavy (non-hydrogen) atoms. The molecule has 0 aliphatic carbocycles. The maximum atomic E-state index is 13.7. The van der Waals surface area contributed by atoms with Crippen LogP contribution in [0.3, 0.4) is 0 Å². The number of hydrogen-bond donors (Lipinski definition) is 1. The molecule has 1 saturated heterocycles. The summed E-state index contributed by atoms with van der Waals surface area (Å²) >= 11 is 0. The van der Waals surface area contributed by atoms with Crippen LogP contribution in [0.5, 0.6) is 0 Å². The fourth-order valence-electron chi connectivity index (χ4n) is 4.79. The minimum absolute atomic E-state index is 0.0112. The first-order valence-electron chi connectivity index (χ1n) is 11.8. The molecule has 1 aliphatic rings. The number of fused-ring (bicyclic) bond motifs is 2. The lowest BCUT2D eigenvalue weighted by molar-refractivity contribution is 0.496. The van der Waals surface area contributed by atoms with Crippen LogP contribution in [0.25, 0.3) is 22.1 Å². The lowest BCUT2D eigenvalue weighted by atomic mass is 10.1. The Bertz CT molecular complexity index is 1710. The van der Waals surface area contributed by atoms with Crippen molar-refractivity contribution in [1.82, 2.24) is 23.7 Å². The third-order valence-corrected chi connectivity index (χ3v) is 6.60. The van der Waals surface area contributed by atoms with E-state index in [0.717, 1.165) is 24.8 Å². The molecule has 1 aliphatic heterocycles. The van der Waals surface area contributed by atoms with Gasteiger partial charge in [0.15, 0.2) is 11.2 Å². The summed E-state index contributed by atoms with van der Waals surface area (Å²) in [6.45, 7) is 3.39. The number of aryl methyl sites for hydroxylation is 1. The number of nitrogens with two attached hydrogens (primary N) is 1. The van der Waals surface area contributed by atoms with Crippen molar-refractivity contribution in [1.29, 1.82) is 5.26 Å². The van der Waals surface area contributed by atoms with E-state index in [9.17, 15) is 14.9 Å². The van der Waals surface area contributed by atoms with Crippen molar-refractivity contribution in [2.45, 2.75) is 38.9 Å². The Balaban J connectivity index is 1.67. The Hall–Kier alpha value is -4.41. The molecule has 4 aromatic rings. The quantitative estimate of drug-likeness (QED) is 0.435. The van der Waals surface area contributed by atoms with E-state index >= 15 is 0 Å². The van der Waals surface area contributed by atoms with Crippen LogP contribution in [0, 0.1) is 23.2 Å². The van der Waals surface area contributed by atoms with Crippen molar-refractivity contribution >= 4 is 28.0 Å². The summed E-state index contributed by atoms with van der Waals surface area (Å²) in [4.78, 5) is 38.4. The van der Waals surface area contributed by atoms with Gasteiger partial charge in [-0.15, -0.1) is 5.92 Å². The number of rotatable bonds is 4. The van der Waals surface area contributed by atoms with E-state index in [4.69, 9.17) is 10.7 Å². The number of anilines is 1. The summed E-state index contributed by atoms with van der Waals surface area (Å²) in [5.41, 5.74) is 7.61. The van der Waals surface area contributed by atoms with E-state index in [2.05, 4.69) is 27.8 Å². The van der Waals surface area contributed by atoms with Crippen LogP contribution in [0.2, 0.25) is 0 Å². The highest BCUT2D eigenvalue weighted by molar-refractivity contribution is 5.84. The van der Waals surface area contributed by atoms with Crippen LogP contribution in [0.15, 0.2) is 39.9 Å². The fraction of sp³-hybridized carbons (Fsp3) is 0.346. The Labute approximate surface area is 207 Å². The van der Waals surface area contributed by atoms with Gasteiger partial charge in [0.25, 0.3) is 5.56 Å². The molecule has 0 amide bonds. The highest BCUT2D eigenvalue weighted by Crippen LogP contribution is 2.23. The molecule has 0 unspecified atom stereocenters. The second-order valence-corrected chi connectivity index (χ2v) is 8.96. The lowest BCUT2D eigenvalue weighted by Crippen LogP contribution is -2.44. The smallest absolute Gasteiger partial charge is 0.332 e. The third kappa shape index (κ3) is 3.92. The highest BCUT2D eigenvalue weighted by Gasteiger charge is 2.26. The molecule has 2 N–H and O–H groups in total. The Morgan fingerprint density at radius 1 is 1.17 bits per heavy atom. The normalized spacial score (nSPS) is 15.6. The van der Waals surface area contributed by atoms with Crippen molar-refractivity contribution in [2.24, 2.45) is 12.8 Å². The monoisotopic (exact) mass is 482 g/mol. The van der Waals surface area contributed by atoms with Gasteiger partial charge in [-0.3, -0.25) is 23.5 Å². The summed E-state index contributed by atoms with van der Waals surface area (Å²) < 4.78 is 4.36. The molecule has 5 rings (SSSR count). The van der Waals surface area contributed by atoms with Crippen LogP contribution < -0.4 is 21.9 Å². The molecule has 0 spiro atoms. The number of nitriles is 1. The average molecular weight is 483 g/mol. The molecule has 10 heteroatoms. The first kappa shape index (κ1) is 23.3. The molecule has 10 nitrogen and oxygen atoms in total. The number of nitrogens with zero attached hydrogens (tertiary/aromatic N) is 7. The van der Waals surface area contributed by atoms with Gasteiger partial charge in [0.05, 0.1) is 35.9 Å². The maximum absolute atomic E-state index is 13.7. The molecule has 1 fully saturated rings. The molecule has 0 saturated carbocycles. The minimum atomic E-state index is -0.478. The number of imidazole rings is 1. The number of pyridine rings is 1. The lowest BCUT2D eigenvalue weighted by Gasteiger charge is -2.31. The molecule has 3 aromatic heterocycles. The van der Waals surface area contributed by atoms with E-state index in [0.29, 0.717) is 40.4 Å². The standard InChI is InChI=1S/C26H26N8O2/c1-3-4-13-33-22-23(30-25(33)32-12-6-8-18(28)15-32)31(2)26(36)34(24(22)35)16-19-10-11-20-17(14-27)7-5-9-21(20)29-19/h5,7,9-11,18H,6,8,12-13,15-16,28H2,1-2H3/t18-/m1/s1. The van der Waals surface area contributed by atoms with Crippen LogP contribution in [0.1, 0.15) is 31.0 Å². The summed E-state index contributed by atoms with van der Waals surface area (Å²) in [7, 11) is 1.61. The second-order valence-electron chi connectivity index (χ2n) is 8.96. The number of piperidine rings is 1. The zero-order chi connectivity index (χ0) is 25.4. The van der Waals surface area contributed by atoms with Crippen molar-refractivity contribution < 1.29 is 0 Å². The van der Waals surface area contributed by atoms with Gasteiger partial charge in [-0.05, 0) is 44.0 Å². The van der Waals surface area contributed by atoms with Crippen molar-refractivity contribution in [3.05, 3.63) is 62.4 Å². The average Bonchev–Trinajstić information content (AvgIpc) is 3.28. The zero-order valence-electron chi connectivity index (χ0n) is 20.2. The van der Waals surface area contributed by atoms with Gasteiger partial charge in [-0.1, -0.05) is 12.0 Å². The summed E-state index contributed by atoms with van der Waals surface area (Å²) in [6.07, 6.45) is 1.86. The largest absolute Gasteiger partial charge is 0.341 e. The predicted octanol–water partition coefficient (Wildman–Crippen LogP) is 1.32. The van der Waals surface area contributed by atoms with Crippen LogP contribution >= 0.6 is 0 Å². The zero-order valence-corrected chi connectivity index (χ0v) is 20.2. The Kier molecular flexibility index (Phi) is 6.05. The summed E-state index contributed by atoms with van der Waals surface area (Å²) in [5.74, 6) is 6.52. The molecule has 4 heterocycles. The number of hydrogen-bond acceptors (Lipinski definition) is 7. The molecule has 1 atom stereocenters. The summed E-state index contributed by atoms with van der Waals surface area (Å²) in [5, 5.41) is 10.1. The second kappa shape index (κ2) is 9.33. The third-order valence-electron chi connectivity index (χ3n) is 6.60. The van der Waals surface area contributed by atoms with Crippen molar-refractivity contribution in [2.75, 3.05) is 18.0 Å². The fourth-order valence-corrected chi connectivity index (χ4v) is 4.79. The van der Waals surface area contributed by atoms with Gasteiger partial charge >= 0.3 is 5.69 Å². The number of benzene rings is 1. The Morgan fingerprint density at radius 2 is 2.00 bits per heavy atom. The van der Waals surface area contributed by atoms with E-state index in [1.807, 2.05) is 0 Å². The predicted molar refractivity (Wildman–Crippen MR) is 138 cm³/mol. The summed E-state index contributed by atoms with van der Waals surface area (Å²) in [6, 6.07) is 11.0. The van der Waals surface area contributed by atoms with E-state index in [1.165, 1.54) is 9.13 Å². The topological polar surface area (TPSA) is 128 Å². The van der Waals surface area contributed by atoms with Gasteiger partial charge in [0.2, 0.25) is 5.95 Å². The molecule has 1 aromatic carbocycles. The molecule has 0 radical (unpaired) electrons. The molecular formula is C26H26N8O2. The van der Waals surface area contributed by atoms with Crippen LogP contribution in [0.4, 0.5) is 5.95 Å².